The third-order valence-electron chi connectivity index (χ3n) is 3.52. The summed E-state index contributed by atoms with van der Waals surface area (Å²) < 4.78 is 0. The molecule has 3 aromatic carbocycles. The van der Waals surface area contributed by atoms with Crippen LogP contribution in [0.5, 0.6) is 0 Å². The van der Waals surface area contributed by atoms with Crippen molar-refractivity contribution in [1.29, 1.82) is 0 Å². The van der Waals surface area contributed by atoms with E-state index in [-0.39, 0.29) is 0 Å². The van der Waals surface area contributed by atoms with Gasteiger partial charge in [-0.05, 0) is 69.6 Å². The second-order valence-electron chi connectivity index (χ2n) is 4.84. The predicted octanol–water partition coefficient (Wildman–Crippen LogP) is 7.00. The maximum Gasteiger partial charge on any atom is 0.00791 e. The fourth-order valence-corrected chi connectivity index (χ4v) is 7.13. The van der Waals surface area contributed by atoms with Gasteiger partial charge in [-0.3, -0.25) is 0 Å². The number of hydrogen-bond acceptors (Lipinski definition) is 1. The second-order valence-corrected chi connectivity index (χ2v) is 11.1. The maximum atomic E-state index is 4.13. The molecule has 0 aliphatic heterocycles. The number of rotatable bonds is 4. The molecule has 0 aliphatic rings. The van der Waals surface area contributed by atoms with E-state index in [0.717, 1.165) is 0 Å². The summed E-state index contributed by atoms with van der Waals surface area (Å²) in [6.45, 7) is 0. The van der Waals surface area contributed by atoms with E-state index in [1.54, 1.807) is 11.8 Å². The summed E-state index contributed by atoms with van der Waals surface area (Å²) >= 11 is 5.91. The van der Waals surface area contributed by atoms with E-state index in [1.165, 1.54) is 19.6 Å². The standard InChI is InChI=1S/C19H17BrS2/c1-21-16-12-14-19(15-13-16)22(20,17-8-4-2-5-9-17)18-10-6-3-7-11-18/h2-15H,1H3. The monoisotopic (exact) mass is 388 g/mol. The number of thioether (sulfide) groups is 1. The van der Waals surface area contributed by atoms with Crippen LogP contribution in [0.25, 0.3) is 0 Å². The Morgan fingerprint density at radius 3 is 1.45 bits per heavy atom. The van der Waals surface area contributed by atoms with Gasteiger partial charge < -0.3 is 0 Å². The fraction of sp³-hybridized carbons (Fsp3) is 0.0526. The van der Waals surface area contributed by atoms with Crippen molar-refractivity contribution in [2.24, 2.45) is 0 Å². The Bertz CT molecular complexity index is 685. The number of hydrogen-bond donors (Lipinski definition) is 0. The van der Waals surface area contributed by atoms with Crippen molar-refractivity contribution in [3.05, 3.63) is 84.9 Å². The van der Waals surface area contributed by atoms with Gasteiger partial charge in [-0.1, -0.05) is 36.4 Å². The van der Waals surface area contributed by atoms with Gasteiger partial charge in [0.25, 0.3) is 0 Å². The first-order valence-corrected chi connectivity index (χ1v) is 11.7. The van der Waals surface area contributed by atoms with Crippen LogP contribution in [0.4, 0.5) is 0 Å². The van der Waals surface area contributed by atoms with Crippen molar-refractivity contribution >= 4 is 35.0 Å². The molecule has 0 atom stereocenters. The molecule has 3 aromatic rings. The molecule has 0 nitrogen and oxygen atoms in total. The summed E-state index contributed by atoms with van der Waals surface area (Å²) in [5.74, 6) is 0. The third-order valence-corrected chi connectivity index (χ3v) is 10.4. The van der Waals surface area contributed by atoms with E-state index in [2.05, 4.69) is 106 Å². The largest absolute Gasteiger partial charge is 0.130 e. The Morgan fingerprint density at radius 1 is 0.636 bits per heavy atom. The highest BCUT2D eigenvalue weighted by atomic mass is 79.9. The van der Waals surface area contributed by atoms with Crippen LogP contribution in [0.2, 0.25) is 0 Å². The summed E-state index contributed by atoms with van der Waals surface area (Å²) in [7, 11) is -1.40. The van der Waals surface area contributed by atoms with Gasteiger partial charge in [0.1, 0.15) is 0 Å². The van der Waals surface area contributed by atoms with Crippen molar-refractivity contribution in [1.82, 2.24) is 0 Å². The van der Waals surface area contributed by atoms with E-state index in [1.807, 2.05) is 0 Å². The quantitative estimate of drug-likeness (QED) is 0.433. The van der Waals surface area contributed by atoms with Gasteiger partial charge in [-0.25, -0.2) is 0 Å². The van der Waals surface area contributed by atoms with Crippen LogP contribution in [0.1, 0.15) is 0 Å². The predicted molar refractivity (Wildman–Crippen MR) is 102 cm³/mol. The normalized spacial score (nSPS) is 12.1. The molecular weight excluding hydrogens is 372 g/mol. The van der Waals surface area contributed by atoms with Gasteiger partial charge in [0.2, 0.25) is 0 Å². The first kappa shape index (κ1) is 15.7. The van der Waals surface area contributed by atoms with Crippen LogP contribution in [-0.2, 0) is 0 Å². The average molecular weight is 389 g/mol. The van der Waals surface area contributed by atoms with Crippen molar-refractivity contribution < 1.29 is 0 Å². The van der Waals surface area contributed by atoms with Gasteiger partial charge >= 0.3 is 0 Å². The van der Waals surface area contributed by atoms with Crippen molar-refractivity contribution in [2.75, 3.05) is 6.26 Å². The van der Waals surface area contributed by atoms with Crippen LogP contribution < -0.4 is 0 Å². The van der Waals surface area contributed by atoms with Gasteiger partial charge in [0.05, 0.1) is 0 Å². The minimum atomic E-state index is -1.40. The van der Waals surface area contributed by atoms with E-state index >= 15 is 0 Å². The molecule has 3 rings (SSSR count). The number of halogens is 1. The second kappa shape index (κ2) is 6.95. The molecule has 0 N–H and O–H groups in total. The number of benzene rings is 3. The first-order chi connectivity index (χ1) is 10.7. The Kier molecular flexibility index (Phi) is 4.97. The highest BCUT2D eigenvalue weighted by Crippen LogP contribution is 2.73. The lowest BCUT2D eigenvalue weighted by Gasteiger charge is -2.35. The molecule has 0 saturated heterocycles. The molecule has 0 bridgehead atoms. The van der Waals surface area contributed by atoms with Crippen molar-refractivity contribution in [3.63, 3.8) is 0 Å². The van der Waals surface area contributed by atoms with Crippen molar-refractivity contribution in [2.45, 2.75) is 19.6 Å². The fourth-order valence-electron chi connectivity index (χ4n) is 2.39. The van der Waals surface area contributed by atoms with Gasteiger partial charge in [0, 0.05) is 19.6 Å². The zero-order chi connectivity index (χ0) is 15.4. The highest BCUT2D eigenvalue weighted by molar-refractivity contribution is 9.58. The van der Waals surface area contributed by atoms with Gasteiger partial charge in [-0.2, -0.15) is 0 Å². The molecule has 0 fully saturated rings. The zero-order valence-corrected chi connectivity index (χ0v) is 15.5. The minimum Gasteiger partial charge on any atom is -0.130 e. The molecule has 0 radical (unpaired) electrons. The lowest BCUT2D eigenvalue weighted by Crippen LogP contribution is -1.95. The minimum absolute atomic E-state index is 1.29. The van der Waals surface area contributed by atoms with Crippen LogP contribution >= 0.6 is 35.0 Å². The molecule has 0 spiro atoms. The average Bonchev–Trinajstić information content (AvgIpc) is 2.62. The summed E-state index contributed by atoms with van der Waals surface area (Å²) in [4.78, 5) is 5.25. The Morgan fingerprint density at radius 2 is 1.05 bits per heavy atom. The maximum absolute atomic E-state index is 4.13. The molecule has 0 saturated carbocycles. The van der Waals surface area contributed by atoms with Crippen molar-refractivity contribution in [3.8, 4) is 0 Å². The molecule has 112 valence electrons. The van der Waals surface area contributed by atoms with Gasteiger partial charge in [0.15, 0.2) is 0 Å². The molecular formula is C19H17BrS2. The summed E-state index contributed by atoms with van der Waals surface area (Å²) in [5, 5.41) is 0. The molecule has 3 heteroatoms. The Hall–Kier alpha value is -1.16. The summed E-state index contributed by atoms with van der Waals surface area (Å²) in [6.07, 6.45) is 2.11. The van der Waals surface area contributed by atoms with Gasteiger partial charge in [-0.15, -0.1) is 20.2 Å². The lowest BCUT2D eigenvalue weighted by atomic mass is 10.4. The van der Waals surface area contributed by atoms with E-state index in [4.69, 9.17) is 0 Å². The third kappa shape index (κ3) is 2.98. The first-order valence-electron chi connectivity index (χ1n) is 7.02. The SMILES string of the molecule is CSc1ccc(S(Br)(c2ccccc2)c2ccccc2)cc1. The van der Waals surface area contributed by atoms with Crippen LogP contribution in [0.3, 0.4) is 0 Å². The summed E-state index contributed by atoms with van der Waals surface area (Å²) in [6, 6.07) is 30.3. The highest BCUT2D eigenvalue weighted by Gasteiger charge is 2.27. The van der Waals surface area contributed by atoms with E-state index < -0.39 is 8.46 Å². The topological polar surface area (TPSA) is 0 Å². The van der Waals surface area contributed by atoms with Crippen LogP contribution in [0, 0.1) is 0 Å². The molecule has 0 heterocycles. The molecule has 0 unspecified atom stereocenters. The molecule has 0 amide bonds. The smallest absolute Gasteiger partial charge is 0.00791 e. The molecule has 0 aromatic heterocycles. The van der Waals surface area contributed by atoms with Crippen LogP contribution in [-0.4, -0.2) is 6.26 Å². The van der Waals surface area contributed by atoms with E-state index in [0.29, 0.717) is 0 Å². The lowest BCUT2D eigenvalue weighted by molar-refractivity contribution is 1.29. The molecule has 22 heavy (non-hydrogen) atoms. The van der Waals surface area contributed by atoms with E-state index in [9.17, 15) is 0 Å². The zero-order valence-electron chi connectivity index (χ0n) is 12.3. The molecule has 0 aliphatic carbocycles. The Labute approximate surface area is 145 Å². The summed E-state index contributed by atoms with van der Waals surface area (Å²) in [5.41, 5.74) is 0. The van der Waals surface area contributed by atoms with Crippen LogP contribution in [0.15, 0.2) is 105 Å². The Balaban J connectivity index is 2.18.